The molecule has 0 aliphatic carbocycles. The number of imidazole rings is 1. The number of unbranched alkanes of at least 4 members (excludes halogenated alkanes) is 19. The van der Waals surface area contributed by atoms with E-state index >= 15 is 0 Å². The third kappa shape index (κ3) is 17.0. The lowest BCUT2D eigenvalue weighted by molar-refractivity contribution is 0.275. The number of benzene rings is 1. The van der Waals surface area contributed by atoms with Crippen LogP contribution in [0.5, 0.6) is 0 Å². The molecule has 2 heteroatoms. The zero-order valence-electron chi connectivity index (χ0n) is 26.1. The first kappa shape index (κ1) is 33.6. The number of nitrogens with zero attached hydrogens (tertiary/aromatic N) is 2. The lowest BCUT2D eigenvalue weighted by Gasteiger charge is -2.29. The van der Waals surface area contributed by atoms with Gasteiger partial charge in [0.25, 0.3) is 0 Å². The molecule has 0 aliphatic heterocycles. The molecule has 2 atom stereocenters. The number of aromatic nitrogens is 2. The smallest absolute Gasteiger partial charge is 0.0948 e. The molecule has 0 N–H and O–H groups in total. The van der Waals surface area contributed by atoms with Crippen LogP contribution in [0.2, 0.25) is 0 Å². The Balaban J connectivity index is 1.76. The zero-order chi connectivity index (χ0) is 27.6. The van der Waals surface area contributed by atoms with E-state index in [0.717, 1.165) is 0 Å². The van der Waals surface area contributed by atoms with Gasteiger partial charge >= 0.3 is 0 Å². The molecule has 2 rings (SSSR count). The molecule has 1 aromatic heterocycles. The molecule has 2 nitrogen and oxygen atoms in total. The van der Waals surface area contributed by atoms with Gasteiger partial charge < -0.3 is 4.57 Å². The Morgan fingerprint density at radius 1 is 0.564 bits per heavy atom. The highest BCUT2D eigenvalue weighted by Crippen LogP contribution is 2.32. The monoisotopic (exact) mass is 537 g/mol. The summed E-state index contributed by atoms with van der Waals surface area (Å²) in [6, 6.07) is 11.8. The highest BCUT2D eigenvalue weighted by molar-refractivity contribution is 5.15. The van der Waals surface area contributed by atoms with E-state index in [2.05, 4.69) is 66.3 Å². The molecule has 0 saturated heterocycles. The summed E-state index contributed by atoms with van der Waals surface area (Å²) < 4.78 is 2.44. The van der Waals surface area contributed by atoms with Crippen molar-refractivity contribution in [3.63, 3.8) is 0 Å². The summed E-state index contributed by atoms with van der Waals surface area (Å²) in [7, 11) is 0. The largest absolute Gasteiger partial charge is 0.334 e. The predicted molar refractivity (Wildman–Crippen MR) is 172 cm³/mol. The van der Waals surface area contributed by atoms with Crippen LogP contribution in [0, 0.1) is 5.92 Å². The van der Waals surface area contributed by atoms with E-state index in [9.17, 15) is 0 Å². The minimum Gasteiger partial charge on any atom is -0.334 e. The topological polar surface area (TPSA) is 17.8 Å². The predicted octanol–water partition coefficient (Wildman–Crippen LogP) is 12.3. The SMILES string of the molecule is CCCCCCCCCCCCCCC(Cc1ccccc1)C(CCCCCCCCCCC)n1ccnc1. The first-order valence-electron chi connectivity index (χ1n) is 17.4. The average molecular weight is 537 g/mol. The Labute approximate surface area is 243 Å². The minimum absolute atomic E-state index is 0.574. The Bertz CT molecular complexity index is 738. The second-order valence-corrected chi connectivity index (χ2v) is 12.3. The number of hydrogen-bond acceptors (Lipinski definition) is 1. The van der Waals surface area contributed by atoms with Crippen molar-refractivity contribution in [3.05, 3.63) is 54.6 Å². The molecule has 0 fully saturated rings. The molecule has 0 aliphatic rings. The maximum Gasteiger partial charge on any atom is 0.0948 e. The molecule has 39 heavy (non-hydrogen) atoms. The van der Waals surface area contributed by atoms with Gasteiger partial charge in [-0.25, -0.2) is 4.98 Å². The van der Waals surface area contributed by atoms with Gasteiger partial charge in [0.05, 0.1) is 6.33 Å². The molecule has 0 saturated carbocycles. The fourth-order valence-electron chi connectivity index (χ4n) is 6.35. The Hall–Kier alpha value is -1.57. The summed E-state index contributed by atoms with van der Waals surface area (Å²) >= 11 is 0. The van der Waals surface area contributed by atoms with Crippen LogP contribution in [0.25, 0.3) is 0 Å². The van der Waals surface area contributed by atoms with Crippen LogP contribution < -0.4 is 0 Å². The average Bonchev–Trinajstić information content (AvgIpc) is 3.49. The summed E-state index contributed by atoms with van der Waals surface area (Å²) in [5.74, 6) is 0.693. The van der Waals surface area contributed by atoms with Crippen molar-refractivity contribution >= 4 is 0 Å². The van der Waals surface area contributed by atoms with E-state index in [1.54, 1.807) is 0 Å². The molecule has 2 unspecified atom stereocenters. The van der Waals surface area contributed by atoms with Crippen LogP contribution in [0.3, 0.4) is 0 Å². The van der Waals surface area contributed by atoms with Crippen LogP contribution in [0.1, 0.15) is 173 Å². The third-order valence-corrected chi connectivity index (χ3v) is 8.82. The zero-order valence-corrected chi connectivity index (χ0v) is 26.1. The van der Waals surface area contributed by atoms with E-state index in [-0.39, 0.29) is 0 Å². The quantitative estimate of drug-likeness (QED) is 0.104. The highest BCUT2D eigenvalue weighted by Gasteiger charge is 2.23. The van der Waals surface area contributed by atoms with Crippen molar-refractivity contribution in [2.75, 3.05) is 0 Å². The fraction of sp³-hybridized carbons (Fsp3) is 0.757. The van der Waals surface area contributed by atoms with Crippen molar-refractivity contribution in [1.29, 1.82) is 0 Å². The highest BCUT2D eigenvalue weighted by atomic mass is 15.1. The van der Waals surface area contributed by atoms with Crippen LogP contribution in [0.15, 0.2) is 49.1 Å². The van der Waals surface area contributed by atoms with E-state index in [1.807, 2.05) is 6.20 Å². The summed E-state index contributed by atoms with van der Waals surface area (Å²) in [4.78, 5) is 4.45. The van der Waals surface area contributed by atoms with Crippen molar-refractivity contribution in [1.82, 2.24) is 9.55 Å². The van der Waals surface area contributed by atoms with E-state index < -0.39 is 0 Å². The van der Waals surface area contributed by atoms with Gasteiger partial charge in [0.2, 0.25) is 0 Å². The molecule has 1 aromatic carbocycles. The fourth-order valence-corrected chi connectivity index (χ4v) is 6.35. The summed E-state index contributed by atoms with van der Waals surface area (Å²) in [6.07, 6.45) is 39.8. The third-order valence-electron chi connectivity index (χ3n) is 8.82. The molecular weight excluding hydrogens is 472 g/mol. The molecule has 0 radical (unpaired) electrons. The van der Waals surface area contributed by atoms with E-state index in [4.69, 9.17) is 0 Å². The number of rotatable bonds is 27. The molecule has 2 aromatic rings. The first-order chi connectivity index (χ1) is 19.3. The second kappa shape index (κ2) is 24.2. The van der Waals surface area contributed by atoms with Crippen LogP contribution >= 0.6 is 0 Å². The second-order valence-electron chi connectivity index (χ2n) is 12.3. The summed E-state index contributed by atoms with van der Waals surface area (Å²) in [5.41, 5.74) is 1.50. The van der Waals surface area contributed by atoms with Gasteiger partial charge in [-0.3, -0.25) is 0 Å². The van der Waals surface area contributed by atoms with Gasteiger partial charge in [0, 0.05) is 18.4 Å². The molecule has 0 spiro atoms. The molecule has 0 amide bonds. The maximum atomic E-state index is 4.45. The molecule has 222 valence electrons. The Kier molecular flexibility index (Phi) is 20.9. The van der Waals surface area contributed by atoms with Crippen LogP contribution in [0.4, 0.5) is 0 Å². The van der Waals surface area contributed by atoms with Crippen molar-refractivity contribution in [2.45, 2.75) is 174 Å². The lowest BCUT2D eigenvalue weighted by atomic mass is 9.84. The number of hydrogen-bond donors (Lipinski definition) is 0. The van der Waals surface area contributed by atoms with Crippen LogP contribution in [-0.4, -0.2) is 9.55 Å². The molecular formula is C37H64N2. The Morgan fingerprint density at radius 3 is 1.49 bits per heavy atom. The summed E-state index contributed by atoms with van der Waals surface area (Å²) in [6.45, 7) is 4.61. The lowest BCUT2D eigenvalue weighted by Crippen LogP contribution is -2.21. The maximum absolute atomic E-state index is 4.45. The molecule has 1 heterocycles. The van der Waals surface area contributed by atoms with Gasteiger partial charge in [0.1, 0.15) is 0 Å². The normalized spacial score (nSPS) is 13.1. The van der Waals surface area contributed by atoms with Gasteiger partial charge in [-0.1, -0.05) is 179 Å². The molecule has 0 bridgehead atoms. The summed E-state index contributed by atoms with van der Waals surface area (Å²) in [5, 5.41) is 0. The van der Waals surface area contributed by atoms with Gasteiger partial charge in [-0.15, -0.1) is 0 Å². The minimum atomic E-state index is 0.574. The standard InChI is InChI=1S/C37H64N2/c1-3-5-7-9-11-13-14-15-17-18-20-25-29-36(33-35-27-23-22-24-28-35)37(39-32-31-38-34-39)30-26-21-19-16-12-10-8-6-4-2/h22-24,27-28,31-32,34,36-37H,3-21,25-26,29-30,33H2,1-2H3. The van der Waals surface area contributed by atoms with Gasteiger partial charge in [-0.05, 0) is 30.7 Å². The Morgan fingerprint density at radius 2 is 1.03 bits per heavy atom. The van der Waals surface area contributed by atoms with Gasteiger partial charge in [0.15, 0.2) is 0 Å². The van der Waals surface area contributed by atoms with E-state index in [1.165, 1.54) is 160 Å². The van der Waals surface area contributed by atoms with Crippen LogP contribution in [-0.2, 0) is 6.42 Å². The van der Waals surface area contributed by atoms with E-state index in [0.29, 0.717) is 12.0 Å². The van der Waals surface area contributed by atoms with Gasteiger partial charge in [-0.2, -0.15) is 0 Å². The van der Waals surface area contributed by atoms with Crippen molar-refractivity contribution in [3.8, 4) is 0 Å². The first-order valence-corrected chi connectivity index (χ1v) is 17.4. The van der Waals surface area contributed by atoms with Crippen molar-refractivity contribution in [2.24, 2.45) is 5.92 Å². The van der Waals surface area contributed by atoms with Crippen molar-refractivity contribution < 1.29 is 0 Å².